The van der Waals surface area contributed by atoms with E-state index in [0.29, 0.717) is 12.1 Å². The van der Waals surface area contributed by atoms with Gasteiger partial charge in [0.2, 0.25) is 0 Å². The van der Waals surface area contributed by atoms with Crippen LogP contribution in [0.5, 0.6) is 5.75 Å². The van der Waals surface area contributed by atoms with Crippen LogP contribution in [0.1, 0.15) is 54.9 Å². The molecule has 1 aliphatic heterocycles. The lowest BCUT2D eigenvalue weighted by Crippen LogP contribution is -2.41. The molecule has 0 fully saturated rings. The molecule has 6 heteroatoms. The first kappa shape index (κ1) is 20.3. The van der Waals surface area contributed by atoms with Crippen molar-refractivity contribution in [2.75, 3.05) is 11.9 Å². The van der Waals surface area contributed by atoms with Gasteiger partial charge in [-0.05, 0) is 43.2 Å². The minimum Gasteiger partial charge on any atom is -0.494 e. The van der Waals surface area contributed by atoms with E-state index >= 15 is 0 Å². The minimum absolute atomic E-state index is 0.00982. The quantitative estimate of drug-likeness (QED) is 0.680. The maximum Gasteiger partial charge on any atom is 0.254 e. The molecule has 0 saturated carbocycles. The molecule has 1 N–H and O–H groups in total. The fraction of sp³-hybridized carbons (Fsp3) is 0.417. The molecular weight excluding hydrogens is 376 g/mol. The lowest BCUT2D eigenvalue weighted by atomic mass is 10.0. The zero-order chi connectivity index (χ0) is 20.9. The number of ether oxygens (including phenoxy) is 1. The molecule has 1 atom stereocenters. The maximum absolute atomic E-state index is 13.4. The number of benzene rings is 1. The predicted octanol–water partition coefficient (Wildman–Crippen LogP) is 4.66. The number of unbranched alkanes of at least 4 members (excludes halogenated alkanes) is 3. The summed E-state index contributed by atoms with van der Waals surface area (Å²) in [6, 6.07) is 7.53. The van der Waals surface area contributed by atoms with Crippen molar-refractivity contribution in [2.45, 2.75) is 51.6 Å². The van der Waals surface area contributed by atoms with Crippen molar-refractivity contribution >= 4 is 11.7 Å². The lowest BCUT2D eigenvalue weighted by Gasteiger charge is -2.32. The molecule has 0 saturated heterocycles. The third kappa shape index (κ3) is 4.27. The zero-order valence-corrected chi connectivity index (χ0v) is 17.8. The topological polar surface area (TPSA) is 59.4 Å². The Kier molecular flexibility index (Phi) is 6.21. The van der Waals surface area contributed by atoms with Crippen LogP contribution < -0.4 is 10.1 Å². The second kappa shape index (κ2) is 9.20. The first-order valence-electron chi connectivity index (χ1n) is 10.9. The van der Waals surface area contributed by atoms with Crippen molar-refractivity contribution in [1.82, 2.24) is 14.7 Å². The number of rotatable bonds is 7. The predicted molar refractivity (Wildman–Crippen MR) is 118 cm³/mol. The lowest BCUT2D eigenvalue weighted by molar-refractivity contribution is 0.0694. The number of aromatic nitrogens is 2. The fourth-order valence-corrected chi connectivity index (χ4v) is 4.02. The average molecular weight is 407 g/mol. The smallest absolute Gasteiger partial charge is 0.254 e. The van der Waals surface area contributed by atoms with Crippen LogP contribution in [0.3, 0.4) is 0 Å². The van der Waals surface area contributed by atoms with E-state index in [9.17, 15) is 4.79 Å². The largest absolute Gasteiger partial charge is 0.494 e. The molecule has 6 nitrogen and oxygen atoms in total. The third-order valence-electron chi connectivity index (χ3n) is 5.75. The Hall–Kier alpha value is -3.02. The number of amides is 1. The van der Waals surface area contributed by atoms with Gasteiger partial charge in [-0.15, -0.1) is 0 Å². The molecule has 1 unspecified atom stereocenters. The van der Waals surface area contributed by atoms with Gasteiger partial charge in [0.05, 0.1) is 25.4 Å². The standard InChI is InChI=1S/C24H30N4O2/c1-3-4-5-8-15-30-20-13-11-18(12-14-20)24(29)28-17-19-16-25-27(2)23(19)26-21-9-6-7-10-22(21)28/h6-7,9,11-14,16,22,26H,3-5,8,10,15,17H2,1-2H3. The van der Waals surface area contributed by atoms with Crippen LogP contribution in [-0.4, -0.2) is 33.2 Å². The molecule has 2 heterocycles. The summed E-state index contributed by atoms with van der Waals surface area (Å²) in [7, 11) is 1.92. The van der Waals surface area contributed by atoms with E-state index in [1.807, 2.05) is 59.2 Å². The molecule has 158 valence electrons. The number of nitrogens with zero attached hydrogens (tertiary/aromatic N) is 3. The molecule has 0 spiro atoms. The number of allylic oxidation sites excluding steroid dienone is 2. The number of hydrogen-bond donors (Lipinski definition) is 1. The van der Waals surface area contributed by atoms with Gasteiger partial charge in [0, 0.05) is 23.9 Å². The van der Waals surface area contributed by atoms with Crippen molar-refractivity contribution in [2.24, 2.45) is 7.05 Å². The van der Waals surface area contributed by atoms with Gasteiger partial charge in [-0.25, -0.2) is 0 Å². The van der Waals surface area contributed by atoms with Gasteiger partial charge in [0.1, 0.15) is 11.6 Å². The van der Waals surface area contributed by atoms with E-state index in [2.05, 4.69) is 23.4 Å². The van der Waals surface area contributed by atoms with Gasteiger partial charge in [-0.2, -0.15) is 5.10 Å². The summed E-state index contributed by atoms with van der Waals surface area (Å²) in [5, 5.41) is 7.85. The molecule has 2 aliphatic rings. The van der Waals surface area contributed by atoms with Gasteiger partial charge in [-0.3, -0.25) is 9.48 Å². The molecule has 1 aromatic carbocycles. The number of carbonyl (C=O) groups excluding carboxylic acids is 1. The molecule has 0 radical (unpaired) electrons. The van der Waals surface area contributed by atoms with Crippen LogP contribution in [-0.2, 0) is 13.6 Å². The molecular formula is C24H30N4O2. The van der Waals surface area contributed by atoms with Crippen LogP contribution in [0, 0.1) is 0 Å². The van der Waals surface area contributed by atoms with Crippen molar-refractivity contribution < 1.29 is 9.53 Å². The number of hydrogen-bond acceptors (Lipinski definition) is 4. The molecule has 1 aliphatic carbocycles. The van der Waals surface area contributed by atoms with E-state index in [0.717, 1.165) is 42.3 Å². The van der Waals surface area contributed by atoms with Crippen molar-refractivity contribution in [3.8, 4) is 5.75 Å². The summed E-state index contributed by atoms with van der Waals surface area (Å²) in [4.78, 5) is 15.4. The molecule has 0 bridgehead atoms. The average Bonchev–Trinajstić information content (AvgIpc) is 3.02. The summed E-state index contributed by atoms with van der Waals surface area (Å²) in [6.07, 6.45) is 13.5. The highest BCUT2D eigenvalue weighted by atomic mass is 16.5. The molecule has 2 aromatic rings. The van der Waals surface area contributed by atoms with Crippen LogP contribution in [0.2, 0.25) is 0 Å². The van der Waals surface area contributed by atoms with Gasteiger partial charge < -0.3 is 15.0 Å². The molecule has 1 aromatic heterocycles. The summed E-state index contributed by atoms with van der Waals surface area (Å²) in [6.45, 7) is 3.45. The monoisotopic (exact) mass is 406 g/mol. The Balaban J connectivity index is 1.49. The van der Waals surface area contributed by atoms with E-state index in [1.54, 1.807) is 0 Å². The van der Waals surface area contributed by atoms with Crippen LogP contribution >= 0.6 is 0 Å². The molecule has 1 amide bonds. The SMILES string of the molecule is CCCCCCOc1ccc(C(=O)N2Cc3cnn(C)c3NC3=CC=CCC32)cc1. The molecule has 30 heavy (non-hydrogen) atoms. The van der Waals surface area contributed by atoms with Crippen molar-refractivity contribution in [3.05, 3.63) is 65.5 Å². The number of carbonyl (C=O) groups is 1. The zero-order valence-electron chi connectivity index (χ0n) is 17.8. The van der Waals surface area contributed by atoms with Crippen molar-refractivity contribution in [3.63, 3.8) is 0 Å². The van der Waals surface area contributed by atoms with E-state index in [1.165, 1.54) is 19.3 Å². The van der Waals surface area contributed by atoms with E-state index < -0.39 is 0 Å². The van der Waals surface area contributed by atoms with Crippen LogP contribution in [0.25, 0.3) is 0 Å². The summed E-state index contributed by atoms with van der Waals surface area (Å²) in [5.41, 5.74) is 2.72. The normalized spacial score (nSPS) is 17.5. The highest BCUT2D eigenvalue weighted by Crippen LogP contribution is 2.31. The van der Waals surface area contributed by atoms with Crippen LogP contribution in [0.4, 0.5) is 5.82 Å². The summed E-state index contributed by atoms with van der Waals surface area (Å²) >= 11 is 0. The Morgan fingerprint density at radius 3 is 2.87 bits per heavy atom. The summed E-state index contributed by atoms with van der Waals surface area (Å²) in [5.74, 6) is 1.79. The van der Waals surface area contributed by atoms with Gasteiger partial charge >= 0.3 is 0 Å². The first-order valence-corrected chi connectivity index (χ1v) is 10.9. The minimum atomic E-state index is -0.00982. The maximum atomic E-state index is 13.4. The number of fused-ring (bicyclic) bond motifs is 2. The second-order valence-corrected chi connectivity index (χ2v) is 7.94. The Morgan fingerprint density at radius 1 is 1.23 bits per heavy atom. The Morgan fingerprint density at radius 2 is 2.07 bits per heavy atom. The van der Waals surface area contributed by atoms with Gasteiger partial charge in [0.15, 0.2) is 0 Å². The van der Waals surface area contributed by atoms with Gasteiger partial charge in [-0.1, -0.05) is 38.3 Å². The Bertz CT molecular complexity index is 943. The highest BCUT2D eigenvalue weighted by molar-refractivity contribution is 5.95. The molecule has 4 rings (SSSR count). The number of anilines is 1. The first-order chi connectivity index (χ1) is 14.7. The van der Waals surface area contributed by atoms with Gasteiger partial charge in [0.25, 0.3) is 5.91 Å². The number of nitrogens with one attached hydrogen (secondary N) is 1. The Labute approximate surface area is 178 Å². The number of aryl methyl sites for hydroxylation is 1. The van der Waals surface area contributed by atoms with E-state index in [-0.39, 0.29) is 11.9 Å². The second-order valence-electron chi connectivity index (χ2n) is 7.94. The highest BCUT2D eigenvalue weighted by Gasteiger charge is 2.32. The third-order valence-corrected chi connectivity index (χ3v) is 5.75. The van der Waals surface area contributed by atoms with E-state index in [4.69, 9.17) is 4.74 Å². The summed E-state index contributed by atoms with van der Waals surface area (Å²) < 4.78 is 7.65. The van der Waals surface area contributed by atoms with Crippen molar-refractivity contribution in [1.29, 1.82) is 0 Å². The fourth-order valence-electron chi connectivity index (χ4n) is 4.02. The van der Waals surface area contributed by atoms with Crippen LogP contribution in [0.15, 0.2) is 54.4 Å².